The van der Waals surface area contributed by atoms with Crippen LogP contribution in [0, 0.1) is 12.3 Å². The zero-order valence-electron chi connectivity index (χ0n) is 19.7. The van der Waals surface area contributed by atoms with Crippen LogP contribution >= 0.6 is 11.6 Å². The predicted octanol–water partition coefficient (Wildman–Crippen LogP) is 3.88. The van der Waals surface area contributed by atoms with Crippen molar-refractivity contribution in [3.63, 3.8) is 0 Å². The molecule has 3 N–H and O–H groups in total. The molecule has 1 atom stereocenters. The van der Waals surface area contributed by atoms with Crippen molar-refractivity contribution in [3.05, 3.63) is 77.8 Å². The summed E-state index contributed by atoms with van der Waals surface area (Å²) in [4.78, 5) is 24.8. The van der Waals surface area contributed by atoms with Gasteiger partial charge < -0.3 is 25.2 Å². The first-order valence-electron chi connectivity index (χ1n) is 11.4. The number of aliphatic hydroxyl groups excluding tert-OH is 1. The van der Waals surface area contributed by atoms with Gasteiger partial charge in [-0.15, -0.1) is 12.3 Å². The summed E-state index contributed by atoms with van der Waals surface area (Å²) in [5.41, 5.74) is 2.16. The van der Waals surface area contributed by atoms with Crippen molar-refractivity contribution in [2.45, 2.75) is 19.1 Å². The van der Waals surface area contributed by atoms with Crippen LogP contribution in [0.5, 0.6) is 11.5 Å². The van der Waals surface area contributed by atoms with E-state index in [-0.39, 0.29) is 19.6 Å². The summed E-state index contributed by atoms with van der Waals surface area (Å²) in [6, 6.07) is 16.4. The van der Waals surface area contributed by atoms with E-state index in [0.29, 0.717) is 45.5 Å². The Bertz CT molecular complexity index is 1410. The Kier molecular flexibility index (Phi) is 8.70. The molecule has 0 aliphatic heterocycles. The van der Waals surface area contributed by atoms with E-state index in [9.17, 15) is 9.90 Å². The van der Waals surface area contributed by atoms with Crippen LogP contribution in [0.15, 0.2) is 67.1 Å². The number of carbonyl (C=O) groups is 1. The minimum absolute atomic E-state index is 0.0518. The quantitative estimate of drug-likeness (QED) is 0.203. The van der Waals surface area contributed by atoms with Crippen molar-refractivity contribution >= 4 is 39.9 Å². The number of hydrogen-bond acceptors (Lipinski definition) is 8. The van der Waals surface area contributed by atoms with E-state index in [4.69, 9.17) is 27.5 Å². The molecule has 188 valence electrons. The van der Waals surface area contributed by atoms with E-state index in [1.165, 1.54) is 6.33 Å². The molecular weight excluding hydrogens is 494 g/mol. The van der Waals surface area contributed by atoms with Gasteiger partial charge in [0.25, 0.3) is 0 Å². The number of nitrogens with zero attached hydrogens (tertiary/aromatic N) is 3. The number of aromatic nitrogens is 3. The number of hydrogen-bond donors (Lipinski definition) is 3. The number of amides is 1. The molecule has 4 aromatic rings. The lowest BCUT2D eigenvalue weighted by Gasteiger charge is -2.14. The maximum Gasteiger partial charge on any atom is 0.249 e. The third kappa shape index (κ3) is 6.85. The molecule has 2 heterocycles. The van der Waals surface area contributed by atoms with Crippen LogP contribution in [-0.4, -0.2) is 45.2 Å². The van der Waals surface area contributed by atoms with E-state index in [0.717, 1.165) is 5.69 Å². The molecule has 4 rings (SSSR count). The summed E-state index contributed by atoms with van der Waals surface area (Å²) >= 11 is 6.46. The summed E-state index contributed by atoms with van der Waals surface area (Å²) in [6.07, 6.45) is 6.99. The van der Waals surface area contributed by atoms with Gasteiger partial charge in [-0.2, -0.15) is 0 Å². The fourth-order valence-electron chi connectivity index (χ4n) is 3.42. The monoisotopic (exact) mass is 517 g/mol. The Balaban J connectivity index is 1.44. The third-order valence-electron chi connectivity index (χ3n) is 5.19. The average Bonchev–Trinajstić information content (AvgIpc) is 2.91. The zero-order valence-corrected chi connectivity index (χ0v) is 20.5. The molecule has 0 aliphatic rings. The lowest BCUT2D eigenvalue weighted by Crippen LogP contribution is -2.36. The van der Waals surface area contributed by atoms with Crippen molar-refractivity contribution in [1.29, 1.82) is 0 Å². The number of carbonyl (C=O) groups excluding carboxylic acids is 1. The third-order valence-corrected chi connectivity index (χ3v) is 5.49. The molecule has 0 aliphatic carbocycles. The fourth-order valence-corrected chi connectivity index (χ4v) is 3.65. The van der Waals surface area contributed by atoms with Crippen LogP contribution in [0.4, 0.5) is 11.5 Å². The van der Waals surface area contributed by atoms with Gasteiger partial charge in [-0.05, 0) is 42.5 Å². The first-order chi connectivity index (χ1) is 18.0. The van der Waals surface area contributed by atoms with Gasteiger partial charge in [0.05, 0.1) is 28.2 Å². The van der Waals surface area contributed by atoms with Crippen LogP contribution in [-0.2, 0) is 11.4 Å². The zero-order chi connectivity index (χ0) is 26.0. The number of rotatable bonds is 11. The second-order valence-corrected chi connectivity index (χ2v) is 8.22. The van der Waals surface area contributed by atoms with Crippen LogP contribution in [0.25, 0.3) is 10.9 Å². The molecule has 0 saturated carbocycles. The minimum atomic E-state index is -1.25. The van der Waals surface area contributed by atoms with Gasteiger partial charge in [0.1, 0.15) is 43.0 Å². The van der Waals surface area contributed by atoms with Crippen molar-refractivity contribution in [2.75, 3.05) is 18.5 Å². The highest BCUT2D eigenvalue weighted by atomic mass is 35.5. The Morgan fingerprint density at radius 3 is 2.76 bits per heavy atom. The van der Waals surface area contributed by atoms with Gasteiger partial charge in [0, 0.05) is 18.3 Å². The summed E-state index contributed by atoms with van der Waals surface area (Å²) in [5.74, 6) is 3.28. The first-order valence-corrected chi connectivity index (χ1v) is 11.8. The van der Waals surface area contributed by atoms with Crippen molar-refractivity contribution in [1.82, 2.24) is 20.3 Å². The number of benzene rings is 2. The highest BCUT2D eigenvalue weighted by Gasteiger charge is 2.14. The van der Waals surface area contributed by atoms with Crippen molar-refractivity contribution in [2.24, 2.45) is 0 Å². The van der Waals surface area contributed by atoms with Crippen molar-refractivity contribution in [3.8, 4) is 23.8 Å². The summed E-state index contributed by atoms with van der Waals surface area (Å²) in [6.45, 7) is 0.646. The van der Waals surface area contributed by atoms with Crippen LogP contribution in [0.3, 0.4) is 0 Å². The Morgan fingerprint density at radius 1 is 1.08 bits per heavy atom. The van der Waals surface area contributed by atoms with Crippen molar-refractivity contribution < 1.29 is 19.4 Å². The molecule has 0 radical (unpaired) electrons. The SMILES string of the molecule is C#CCC(O)C(=O)NCCOc1cccc2ncnc(Nc3ccc(OCc4ccccn4)c(Cl)c3)c12. The summed E-state index contributed by atoms with van der Waals surface area (Å²) in [5, 5.41) is 16.6. The number of fused-ring (bicyclic) bond motifs is 1. The number of pyridine rings is 1. The van der Waals surface area contributed by atoms with Crippen LogP contribution in [0.1, 0.15) is 12.1 Å². The molecule has 9 nitrogen and oxygen atoms in total. The number of aliphatic hydroxyl groups is 1. The molecule has 2 aromatic carbocycles. The predicted molar refractivity (Wildman–Crippen MR) is 141 cm³/mol. The normalized spacial score (nSPS) is 11.4. The maximum absolute atomic E-state index is 11.8. The van der Waals surface area contributed by atoms with E-state index in [1.807, 2.05) is 36.4 Å². The molecule has 0 spiro atoms. The lowest BCUT2D eigenvalue weighted by molar-refractivity contribution is -0.129. The first kappa shape index (κ1) is 25.7. The van der Waals surface area contributed by atoms with Gasteiger partial charge in [-0.1, -0.05) is 23.7 Å². The van der Waals surface area contributed by atoms with Crippen LogP contribution < -0.4 is 20.1 Å². The number of halogens is 1. The molecule has 0 saturated heterocycles. The molecule has 1 unspecified atom stereocenters. The van der Waals surface area contributed by atoms with Gasteiger partial charge in [0.2, 0.25) is 5.91 Å². The van der Waals surface area contributed by atoms with Gasteiger partial charge >= 0.3 is 0 Å². The Labute approximate surface area is 218 Å². The van der Waals surface area contributed by atoms with E-state index in [2.05, 4.69) is 31.5 Å². The van der Waals surface area contributed by atoms with Gasteiger partial charge in [-0.25, -0.2) is 9.97 Å². The number of terminal acetylenes is 1. The van der Waals surface area contributed by atoms with Crippen LogP contribution in [0.2, 0.25) is 5.02 Å². The number of anilines is 2. The van der Waals surface area contributed by atoms with E-state index < -0.39 is 12.0 Å². The second kappa shape index (κ2) is 12.5. The largest absolute Gasteiger partial charge is 0.491 e. The molecular formula is C27H24ClN5O4. The maximum atomic E-state index is 11.8. The van der Waals surface area contributed by atoms with Gasteiger partial charge in [0.15, 0.2) is 0 Å². The highest BCUT2D eigenvalue weighted by Crippen LogP contribution is 2.34. The van der Waals surface area contributed by atoms with Gasteiger partial charge in [-0.3, -0.25) is 9.78 Å². The minimum Gasteiger partial charge on any atom is -0.491 e. The molecule has 2 aromatic heterocycles. The second-order valence-electron chi connectivity index (χ2n) is 7.82. The molecule has 1 amide bonds. The topological polar surface area (TPSA) is 118 Å². The standard InChI is InChI=1S/C27H24ClN5O4/c1-2-6-22(34)27(35)30-13-14-36-24-9-5-8-21-25(24)26(32-17-31-21)33-18-10-11-23(20(28)15-18)37-16-19-7-3-4-12-29-19/h1,3-5,7-12,15,17,22,34H,6,13-14,16H2,(H,30,35)(H,31,32,33). The molecule has 10 heteroatoms. The molecule has 37 heavy (non-hydrogen) atoms. The molecule has 0 bridgehead atoms. The highest BCUT2D eigenvalue weighted by molar-refractivity contribution is 6.32. The fraction of sp³-hybridized carbons (Fsp3) is 0.185. The Hall–Kier alpha value is -4.39. The average molecular weight is 518 g/mol. The molecule has 0 fully saturated rings. The number of ether oxygens (including phenoxy) is 2. The summed E-state index contributed by atoms with van der Waals surface area (Å²) < 4.78 is 11.7. The lowest BCUT2D eigenvalue weighted by atomic mass is 10.2. The number of nitrogens with one attached hydrogen (secondary N) is 2. The Morgan fingerprint density at radius 2 is 1.97 bits per heavy atom. The summed E-state index contributed by atoms with van der Waals surface area (Å²) in [7, 11) is 0. The van der Waals surface area contributed by atoms with E-state index >= 15 is 0 Å². The smallest absolute Gasteiger partial charge is 0.249 e. The van der Waals surface area contributed by atoms with E-state index in [1.54, 1.807) is 24.4 Å².